The van der Waals surface area contributed by atoms with Gasteiger partial charge < -0.3 is 10.1 Å². The van der Waals surface area contributed by atoms with Crippen LogP contribution in [0.5, 0.6) is 5.75 Å². The average Bonchev–Trinajstić information content (AvgIpc) is 2.53. The van der Waals surface area contributed by atoms with Crippen LogP contribution < -0.4 is 10.1 Å². The van der Waals surface area contributed by atoms with Gasteiger partial charge in [0.25, 0.3) is 0 Å². The summed E-state index contributed by atoms with van der Waals surface area (Å²) < 4.78 is 18.7. The molecular formula is C18H20FNO2. The van der Waals surface area contributed by atoms with Crippen LogP contribution in [-0.2, 0) is 11.2 Å². The van der Waals surface area contributed by atoms with Crippen LogP contribution in [0.4, 0.5) is 4.39 Å². The first-order chi connectivity index (χ1) is 10.6. The predicted octanol–water partition coefficient (Wildman–Crippen LogP) is 3.64. The molecule has 0 bridgehead atoms. The number of carbonyl (C=O) groups is 1. The number of rotatable bonds is 6. The highest BCUT2D eigenvalue weighted by molar-refractivity contribution is 5.76. The Balaban J connectivity index is 1.86. The summed E-state index contributed by atoms with van der Waals surface area (Å²) in [5, 5.41) is 2.83. The molecule has 0 aliphatic heterocycles. The molecule has 0 fully saturated rings. The molecule has 2 rings (SSSR count). The molecule has 2 aromatic carbocycles. The third-order valence-electron chi connectivity index (χ3n) is 3.55. The summed E-state index contributed by atoms with van der Waals surface area (Å²) in [6, 6.07) is 13.8. The molecule has 0 aliphatic rings. The number of methoxy groups -OCH3 is 1. The molecule has 1 amide bonds. The largest absolute Gasteiger partial charge is 0.497 e. The second-order valence-corrected chi connectivity index (χ2v) is 5.16. The van der Waals surface area contributed by atoms with Crippen LogP contribution in [0.2, 0.25) is 0 Å². The maximum Gasteiger partial charge on any atom is 0.220 e. The lowest BCUT2D eigenvalue weighted by Gasteiger charge is -2.15. The first kappa shape index (κ1) is 16.0. The molecule has 0 saturated carbocycles. The van der Waals surface area contributed by atoms with Crippen molar-refractivity contribution < 1.29 is 13.9 Å². The van der Waals surface area contributed by atoms with Crippen molar-refractivity contribution in [3.8, 4) is 5.75 Å². The lowest BCUT2D eigenvalue weighted by atomic mass is 10.1. The maximum atomic E-state index is 13.6. The molecule has 1 atom stereocenters. The third-order valence-corrected chi connectivity index (χ3v) is 3.55. The van der Waals surface area contributed by atoms with Crippen LogP contribution in [0, 0.1) is 5.82 Å². The van der Waals surface area contributed by atoms with E-state index in [1.807, 2.05) is 24.3 Å². The number of carbonyl (C=O) groups excluding carboxylic acids is 1. The van der Waals surface area contributed by atoms with Gasteiger partial charge in [-0.1, -0.05) is 30.3 Å². The Bertz CT molecular complexity index is 625. The SMILES string of the molecule is COc1ccc(CCC(=O)N[C@@H](C)c2ccccc2F)cc1. The fourth-order valence-electron chi connectivity index (χ4n) is 2.27. The lowest BCUT2D eigenvalue weighted by Crippen LogP contribution is -2.27. The molecule has 3 nitrogen and oxygen atoms in total. The molecule has 0 spiro atoms. The van der Waals surface area contributed by atoms with Gasteiger partial charge >= 0.3 is 0 Å². The van der Waals surface area contributed by atoms with Crippen LogP contribution in [0.25, 0.3) is 0 Å². The zero-order valence-corrected chi connectivity index (χ0v) is 12.8. The second-order valence-electron chi connectivity index (χ2n) is 5.16. The van der Waals surface area contributed by atoms with E-state index in [1.165, 1.54) is 6.07 Å². The van der Waals surface area contributed by atoms with Crippen molar-refractivity contribution in [2.24, 2.45) is 0 Å². The minimum absolute atomic E-state index is 0.0911. The zero-order valence-electron chi connectivity index (χ0n) is 12.8. The maximum absolute atomic E-state index is 13.6. The van der Waals surface area contributed by atoms with Crippen LogP contribution >= 0.6 is 0 Å². The number of hydrogen-bond donors (Lipinski definition) is 1. The number of hydrogen-bond acceptors (Lipinski definition) is 2. The Morgan fingerprint density at radius 1 is 1.18 bits per heavy atom. The molecule has 116 valence electrons. The Morgan fingerprint density at radius 2 is 1.86 bits per heavy atom. The Labute approximate surface area is 130 Å². The van der Waals surface area contributed by atoms with E-state index >= 15 is 0 Å². The monoisotopic (exact) mass is 301 g/mol. The van der Waals surface area contributed by atoms with Crippen molar-refractivity contribution >= 4 is 5.91 Å². The zero-order chi connectivity index (χ0) is 15.9. The molecule has 0 aliphatic carbocycles. The van der Waals surface area contributed by atoms with E-state index in [4.69, 9.17) is 4.74 Å². The fraction of sp³-hybridized carbons (Fsp3) is 0.278. The average molecular weight is 301 g/mol. The molecule has 22 heavy (non-hydrogen) atoms. The van der Waals surface area contributed by atoms with Gasteiger partial charge in [0.1, 0.15) is 11.6 Å². The fourth-order valence-corrected chi connectivity index (χ4v) is 2.27. The number of nitrogens with one attached hydrogen (secondary N) is 1. The molecule has 0 aromatic heterocycles. The van der Waals surface area contributed by atoms with Crippen molar-refractivity contribution in [3.63, 3.8) is 0 Å². The number of halogens is 1. The topological polar surface area (TPSA) is 38.3 Å². The highest BCUT2D eigenvalue weighted by Crippen LogP contribution is 2.17. The van der Waals surface area contributed by atoms with E-state index in [9.17, 15) is 9.18 Å². The molecule has 0 heterocycles. The molecule has 1 N–H and O–H groups in total. The highest BCUT2D eigenvalue weighted by atomic mass is 19.1. The van der Waals surface area contributed by atoms with Crippen molar-refractivity contribution in [3.05, 3.63) is 65.5 Å². The highest BCUT2D eigenvalue weighted by Gasteiger charge is 2.12. The van der Waals surface area contributed by atoms with E-state index in [-0.39, 0.29) is 17.8 Å². The number of ether oxygens (including phenoxy) is 1. The lowest BCUT2D eigenvalue weighted by molar-refractivity contribution is -0.121. The number of amides is 1. The van der Waals surface area contributed by atoms with E-state index in [1.54, 1.807) is 32.2 Å². The summed E-state index contributed by atoms with van der Waals surface area (Å²) in [6.07, 6.45) is 1.00. The van der Waals surface area contributed by atoms with Crippen molar-refractivity contribution in [1.29, 1.82) is 0 Å². The van der Waals surface area contributed by atoms with E-state index in [0.717, 1.165) is 11.3 Å². The van der Waals surface area contributed by atoms with Gasteiger partial charge in [0.2, 0.25) is 5.91 Å². The van der Waals surface area contributed by atoms with Gasteiger partial charge in [0.05, 0.1) is 13.2 Å². The molecular weight excluding hydrogens is 281 g/mol. The van der Waals surface area contributed by atoms with Crippen molar-refractivity contribution in [2.45, 2.75) is 25.8 Å². The van der Waals surface area contributed by atoms with Crippen molar-refractivity contribution in [1.82, 2.24) is 5.32 Å². The standard InChI is InChI=1S/C18H20FNO2/c1-13(16-5-3-4-6-17(16)19)20-18(21)12-9-14-7-10-15(22-2)11-8-14/h3-8,10-11,13H,9,12H2,1-2H3,(H,20,21)/t13-/m0/s1. The van der Waals surface area contributed by atoms with E-state index in [2.05, 4.69) is 5.32 Å². The third kappa shape index (κ3) is 4.32. The van der Waals surface area contributed by atoms with Crippen LogP contribution in [-0.4, -0.2) is 13.0 Å². The molecule has 0 radical (unpaired) electrons. The first-order valence-electron chi connectivity index (χ1n) is 7.27. The minimum Gasteiger partial charge on any atom is -0.497 e. The summed E-state index contributed by atoms with van der Waals surface area (Å²) in [5.41, 5.74) is 1.56. The summed E-state index contributed by atoms with van der Waals surface area (Å²) in [5.74, 6) is 0.401. The summed E-state index contributed by atoms with van der Waals surface area (Å²) in [4.78, 5) is 12.0. The van der Waals surface area contributed by atoms with Crippen LogP contribution in [0.15, 0.2) is 48.5 Å². The van der Waals surface area contributed by atoms with Gasteiger partial charge in [-0.05, 0) is 37.1 Å². The summed E-state index contributed by atoms with van der Waals surface area (Å²) in [6.45, 7) is 1.78. The Morgan fingerprint density at radius 3 is 2.50 bits per heavy atom. The summed E-state index contributed by atoms with van der Waals surface area (Å²) in [7, 11) is 1.62. The molecule has 4 heteroatoms. The second kappa shape index (κ2) is 7.59. The Hall–Kier alpha value is -2.36. The van der Waals surface area contributed by atoms with E-state index < -0.39 is 0 Å². The van der Waals surface area contributed by atoms with Gasteiger partial charge in [0, 0.05) is 12.0 Å². The smallest absolute Gasteiger partial charge is 0.220 e. The number of benzene rings is 2. The Kier molecular flexibility index (Phi) is 5.53. The van der Waals surface area contributed by atoms with Crippen molar-refractivity contribution in [2.75, 3.05) is 7.11 Å². The predicted molar refractivity (Wildman–Crippen MR) is 84.3 cm³/mol. The summed E-state index contributed by atoms with van der Waals surface area (Å²) >= 11 is 0. The number of aryl methyl sites for hydroxylation is 1. The molecule has 0 unspecified atom stereocenters. The quantitative estimate of drug-likeness (QED) is 0.884. The van der Waals surface area contributed by atoms with Crippen LogP contribution in [0.1, 0.15) is 30.5 Å². The van der Waals surface area contributed by atoms with Gasteiger partial charge in [-0.25, -0.2) is 4.39 Å². The van der Waals surface area contributed by atoms with Gasteiger partial charge in [-0.2, -0.15) is 0 Å². The molecule has 2 aromatic rings. The van der Waals surface area contributed by atoms with Crippen LogP contribution in [0.3, 0.4) is 0 Å². The van der Waals surface area contributed by atoms with Gasteiger partial charge in [0.15, 0.2) is 0 Å². The van der Waals surface area contributed by atoms with E-state index in [0.29, 0.717) is 18.4 Å². The molecule has 0 saturated heterocycles. The first-order valence-corrected chi connectivity index (χ1v) is 7.27. The van der Waals surface area contributed by atoms with Gasteiger partial charge in [-0.15, -0.1) is 0 Å². The van der Waals surface area contributed by atoms with Gasteiger partial charge in [-0.3, -0.25) is 4.79 Å². The minimum atomic E-state index is -0.343. The normalized spacial score (nSPS) is 11.8.